The standard InChI is InChI=1S/C31H27BrClNO6S/c1-4-38-24-15-20(14-23(32)28(24)40-17-19-10-12-21(33)13-11-19)16-25-27(35)26(31(37)39-5-2)30(41-25)34-29(36)22-9-7-6-8-18(22)3/h6-16,35H,4-5,17H2,1-3H3/b25-16-,34-30?. The van der Waals surface area contributed by atoms with E-state index in [0.29, 0.717) is 50.2 Å². The summed E-state index contributed by atoms with van der Waals surface area (Å²) in [5.41, 5.74) is 2.59. The number of hydrogen-bond donors (Lipinski definition) is 1. The second kappa shape index (κ2) is 13.9. The molecule has 0 aromatic heterocycles. The molecule has 0 atom stereocenters. The molecule has 0 radical (unpaired) electrons. The lowest BCUT2D eigenvalue weighted by atomic mass is 10.1. The van der Waals surface area contributed by atoms with Crippen LogP contribution in [0.3, 0.4) is 0 Å². The Morgan fingerprint density at radius 2 is 1.78 bits per heavy atom. The first kappa shape index (κ1) is 30.4. The molecule has 1 heterocycles. The van der Waals surface area contributed by atoms with Gasteiger partial charge in [0.1, 0.15) is 23.0 Å². The molecule has 0 bridgehead atoms. The number of halogens is 2. The normalized spacial score (nSPS) is 15.0. The number of hydrogen-bond acceptors (Lipinski definition) is 7. The minimum atomic E-state index is -0.764. The predicted molar refractivity (Wildman–Crippen MR) is 166 cm³/mol. The Balaban J connectivity index is 1.68. The van der Waals surface area contributed by atoms with Crippen molar-refractivity contribution in [1.29, 1.82) is 0 Å². The average molecular weight is 657 g/mol. The first-order valence-corrected chi connectivity index (χ1v) is 14.7. The van der Waals surface area contributed by atoms with E-state index in [1.807, 2.05) is 25.1 Å². The first-order chi connectivity index (χ1) is 19.7. The van der Waals surface area contributed by atoms with Gasteiger partial charge in [-0.05, 0) is 89.8 Å². The molecule has 1 amide bonds. The van der Waals surface area contributed by atoms with Crippen molar-refractivity contribution in [1.82, 2.24) is 0 Å². The van der Waals surface area contributed by atoms with Crippen LogP contribution in [0.15, 0.2) is 86.4 Å². The molecule has 10 heteroatoms. The summed E-state index contributed by atoms with van der Waals surface area (Å²) in [4.78, 5) is 30.3. The largest absolute Gasteiger partial charge is 0.506 e. The highest BCUT2D eigenvalue weighted by molar-refractivity contribution is 9.10. The predicted octanol–water partition coefficient (Wildman–Crippen LogP) is 8.09. The molecule has 0 unspecified atom stereocenters. The molecule has 7 nitrogen and oxygen atoms in total. The second-order valence-corrected chi connectivity index (χ2v) is 11.1. The van der Waals surface area contributed by atoms with Crippen LogP contribution in [0.1, 0.15) is 40.9 Å². The zero-order valence-electron chi connectivity index (χ0n) is 22.6. The maximum Gasteiger partial charge on any atom is 0.344 e. The van der Waals surface area contributed by atoms with Crippen LogP contribution in [0.5, 0.6) is 11.5 Å². The lowest BCUT2D eigenvalue weighted by molar-refractivity contribution is -0.138. The van der Waals surface area contributed by atoms with Gasteiger partial charge in [0, 0.05) is 10.6 Å². The Labute approximate surface area is 256 Å². The van der Waals surface area contributed by atoms with E-state index in [4.69, 9.17) is 25.8 Å². The van der Waals surface area contributed by atoms with Crippen LogP contribution in [-0.2, 0) is 16.1 Å². The van der Waals surface area contributed by atoms with Crippen LogP contribution in [0, 0.1) is 6.92 Å². The number of esters is 1. The Hall–Kier alpha value is -3.53. The molecule has 1 aliphatic heterocycles. The number of amides is 1. The monoisotopic (exact) mass is 655 g/mol. The summed E-state index contributed by atoms with van der Waals surface area (Å²) in [5, 5.41) is 11.8. The van der Waals surface area contributed by atoms with Gasteiger partial charge < -0.3 is 19.3 Å². The van der Waals surface area contributed by atoms with Gasteiger partial charge in [0.25, 0.3) is 5.91 Å². The molecule has 3 aromatic rings. The van der Waals surface area contributed by atoms with Crippen molar-refractivity contribution in [3.05, 3.63) is 109 Å². The number of thioether (sulfide) groups is 1. The van der Waals surface area contributed by atoms with Crippen molar-refractivity contribution in [2.45, 2.75) is 27.4 Å². The van der Waals surface area contributed by atoms with Crippen molar-refractivity contribution in [3.8, 4) is 11.5 Å². The number of aliphatic hydroxyl groups is 1. The number of aryl methyl sites for hydroxylation is 1. The Morgan fingerprint density at radius 3 is 2.46 bits per heavy atom. The summed E-state index contributed by atoms with van der Waals surface area (Å²) < 4.78 is 17.7. The quantitative estimate of drug-likeness (QED) is 0.233. The van der Waals surface area contributed by atoms with E-state index in [1.54, 1.807) is 62.4 Å². The van der Waals surface area contributed by atoms with E-state index in [9.17, 15) is 14.7 Å². The fourth-order valence-corrected chi connectivity index (χ4v) is 5.63. The number of carbonyl (C=O) groups is 2. The molecule has 41 heavy (non-hydrogen) atoms. The van der Waals surface area contributed by atoms with Crippen LogP contribution in [-0.4, -0.2) is 35.2 Å². The van der Waals surface area contributed by atoms with Crippen LogP contribution in [0.4, 0.5) is 0 Å². The third-order valence-corrected chi connectivity index (χ3v) is 7.74. The Morgan fingerprint density at radius 1 is 1.05 bits per heavy atom. The molecule has 0 saturated carbocycles. The van der Waals surface area contributed by atoms with Gasteiger partial charge in [0.05, 0.1) is 22.6 Å². The summed E-state index contributed by atoms with van der Waals surface area (Å²) in [7, 11) is 0. The second-order valence-electron chi connectivity index (χ2n) is 8.77. The lowest BCUT2D eigenvalue weighted by Gasteiger charge is -2.15. The van der Waals surface area contributed by atoms with E-state index in [1.165, 1.54) is 0 Å². The van der Waals surface area contributed by atoms with Crippen molar-refractivity contribution in [2.75, 3.05) is 13.2 Å². The van der Waals surface area contributed by atoms with Crippen LogP contribution in [0.2, 0.25) is 5.02 Å². The Kier molecular flexibility index (Phi) is 10.3. The summed E-state index contributed by atoms with van der Waals surface area (Å²) in [6.45, 7) is 6.12. The fourth-order valence-electron chi connectivity index (χ4n) is 3.92. The maximum absolute atomic E-state index is 13.0. The number of aliphatic hydroxyl groups excluding tert-OH is 1. The third-order valence-electron chi connectivity index (χ3n) is 5.87. The zero-order chi connectivity index (χ0) is 29.5. The average Bonchev–Trinajstić information content (AvgIpc) is 3.23. The molecule has 1 N–H and O–H groups in total. The molecule has 0 spiro atoms. The minimum absolute atomic E-state index is 0.0625. The number of aliphatic imine (C=N–C) groups is 1. The van der Waals surface area contributed by atoms with Crippen molar-refractivity contribution >= 4 is 62.3 Å². The molecule has 4 rings (SSSR count). The zero-order valence-corrected chi connectivity index (χ0v) is 25.7. The summed E-state index contributed by atoms with van der Waals surface area (Å²) in [6, 6.07) is 18.0. The molecule has 0 aliphatic carbocycles. The van der Waals surface area contributed by atoms with E-state index < -0.39 is 11.9 Å². The first-order valence-electron chi connectivity index (χ1n) is 12.7. The number of ether oxygens (including phenoxy) is 3. The van der Waals surface area contributed by atoms with Gasteiger partial charge in [-0.2, -0.15) is 0 Å². The van der Waals surface area contributed by atoms with Crippen molar-refractivity contribution in [3.63, 3.8) is 0 Å². The lowest BCUT2D eigenvalue weighted by Crippen LogP contribution is -2.14. The van der Waals surface area contributed by atoms with Gasteiger partial charge in [-0.3, -0.25) is 4.79 Å². The molecule has 1 aliphatic rings. The van der Waals surface area contributed by atoms with E-state index in [-0.39, 0.29) is 23.0 Å². The molecular weight excluding hydrogens is 630 g/mol. The van der Waals surface area contributed by atoms with Gasteiger partial charge in [0.15, 0.2) is 11.5 Å². The van der Waals surface area contributed by atoms with E-state index in [2.05, 4.69) is 20.9 Å². The molecule has 0 saturated heterocycles. The van der Waals surface area contributed by atoms with Crippen LogP contribution in [0.25, 0.3) is 6.08 Å². The summed E-state index contributed by atoms with van der Waals surface area (Å²) in [6.07, 6.45) is 1.68. The highest BCUT2D eigenvalue weighted by Crippen LogP contribution is 2.42. The van der Waals surface area contributed by atoms with Gasteiger partial charge in [0.2, 0.25) is 0 Å². The van der Waals surface area contributed by atoms with Gasteiger partial charge in [-0.25, -0.2) is 9.79 Å². The SMILES string of the molecule is CCOC(=O)C1=C(O)/C(=C/c2cc(Br)c(OCc3ccc(Cl)cc3)c(OCC)c2)SC1=NC(=O)c1ccccc1C. The topological polar surface area (TPSA) is 94.4 Å². The molecule has 212 valence electrons. The van der Waals surface area contributed by atoms with Crippen LogP contribution < -0.4 is 9.47 Å². The summed E-state index contributed by atoms with van der Waals surface area (Å²) in [5.74, 6) is -0.601. The van der Waals surface area contributed by atoms with Crippen molar-refractivity contribution < 1.29 is 28.9 Å². The van der Waals surface area contributed by atoms with E-state index in [0.717, 1.165) is 22.9 Å². The van der Waals surface area contributed by atoms with Gasteiger partial charge in [-0.1, -0.05) is 53.7 Å². The fraction of sp³-hybridized carbons (Fsp3) is 0.194. The smallest absolute Gasteiger partial charge is 0.344 e. The van der Waals surface area contributed by atoms with E-state index >= 15 is 0 Å². The minimum Gasteiger partial charge on any atom is -0.506 e. The highest BCUT2D eigenvalue weighted by atomic mass is 79.9. The summed E-state index contributed by atoms with van der Waals surface area (Å²) >= 11 is 10.6. The molecule has 0 fully saturated rings. The highest BCUT2D eigenvalue weighted by Gasteiger charge is 2.34. The number of nitrogens with zero attached hydrogens (tertiary/aromatic N) is 1. The number of rotatable bonds is 9. The number of benzene rings is 3. The molecule has 3 aromatic carbocycles. The van der Waals surface area contributed by atoms with Gasteiger partial charge in [-0.15, -0.1) is 0 Å². The van der Waals surface area contributed by atoms with Crippen molar-refractivity contribution in [2.24, 2.45) is 4.99 Å². The van der Waals surface area contributed by atoms with Gasteiger partial charge >= 0.3 is 5.97 Å². The number of carbonyl (C=O) groups excluding carboxylic acids is 2. The molecular formula is C31H27BrClNO6S. The third kappa shape index (κ3) is 7.41. The maximum atomic E-state index is 13.0. The van der Waals surface area contributed by atoms with Crippen LogP contribution >= 0.6 is 39.3 Å². The Bertz CT molecular complexity index is 1570.